The number of carbonyl (C=O) groups excluding carboxylic acids is 1. The molecule has 2 aromatic rings. The highest BCUT2D eigenvalue weighted by molar-refractivity contribution is 5.43. The smallest absolute Gasteiger partial charge is 0.293 e. The molecule has 0 aliphatic carbocycles. The van der Waals surface area contributed by atoms with Gasteiger partial charge in [0.1, 0.15) is 6.61 Å². The van der Waals surface area contributed by atoms with Crippen molar-refractivity contribution < 1.29 is 9.53 Å². The van der Waals surface area contributed by atoms with Gasteiger partial charge in [-0.15, -0.1) is 0 Å². The minimum absolute atomic E-state index is 0.0961. The third-order valence-corrected chi connectivity index (χ3v) is 2.97. The molecule has 0 aliphatic rings. The average molecular weight is 280 g/mol. The van der Waals surface area contributed by atoms with E-state index >= 15 is 0 Å². The van der Waals surface area contributed by atoms with Crippen LogP contribution in [0.1, 0.15) is 22.7 Å². The van der Waals surface area contributed by atoms with Crippen LogP contribution in [0.4, 0.5) is 0 Å². The van der Waals surface area contributed by atoms with Crippen molar-refractivity contribution in [1.82, 2.24) is 10.3 Å². The summed E-state index contributed by atoms with van der Waals surface area (Å²) in [6.45, 7) is 0.702. The highest BCUT2D eigenvalue weighted by Crippen LogP contribution is 2.13. The molecule has 0 saturated heterocycles. The number of carbonyl (C=O) groups is 1. The van der Waals surface area contributed by atoms with Crippen LogP contribution in [0.5, 0.6) is 0 Å². The Hall–Kier alpha value is -2.64. The molecule has 4 nitrogen and oxygen atoms in total. The van der Waals surface area contributed by atoms with Gasteiger partial charge < -0.3 is 10.1 Å². The highest BCUT2D eigenvalue weighted by Gasteiger charge is 2.10. The Bertz CT molecular complexity index is 645. The number of rotatable bonds is 5. The van der Waals surface area contributed by atoms with Gasteiger partial charge in [-0.25, -0.2) is 0 Å². The molecule has 1 unspecified atom stereocenters. The van der Waals surface area contributed by atoms with Gasteiger partial charge in [-0.3, -0.25) is 9.78 Å². The van der Waals surface area contributed by atoms with Crippen LogP contribution in [0, 0.1) is 11.8 Å². The third kappa shape index (κ3) is 4.44. The Kier molecular flexibility index (Phi) is 5.50. The van der Waals surface area contributed by atoms with E-state index in [-0.39, 0.29) is 12.6 Å². The molecule has 0 spiro atoms. The van der Waals surface area contributed by atoms with Crippen molar-refractivity contribution >= 4 is 6.47 Å². The van der Waals surface area contributed by atoms with Crippen LogP contribution < -0.4 is 5.32 Å². The first kappa shape index (κ1) is 14.8. The standard InChI is InChI=1S/C17H16N2O2/c1-18-17(12-21-13-20)16-9-15(10-19-11-16)8-7-14-5-3-2-4-6-14/h2-6,9-11,13,17-18H,12H2,1H3. The van der Waals surface area contributed by atoms with Gasteiger partial charge in [0, 0.05) is 23.5 Å². The lowest BCUT2D eigenvalue weighted by Crippen LogP contribution is -2.21. The summed E-state index contributed by atoms with van der Waals surface area (Å²) in [5.74, 6) is 6.18. The summed E-state index contributed by atoms with van der Waals surface area (Å²) in [7, 11) is 1.81. The number of nitrogens with one attached hydrogen (secondary N) is 1. The van der Waals surface area contributed by atoms with Gasteiger partial charge in [-0.05, 0) is 30.8 Å². The molecule has 4 heteroatoms. The van der Waals surface area contributed by atoms with Crippen LogP contribution in [0.2, 0.25) is 0 Å². The van der Waals surface area contributed by atoms with Crippen LogP contribution in [0.3, 0.4) is 0 Å². The number of aromatic nitrogens is 1. The predicted molar refractivity (Wildman–Crippen MR) is 80.5 cm³/mol. The molecule has 0 fully saturated rings. The molecule has 0 bridgehead atoms. The lowest BCUT2D eigenvalue weighted by Gasteiger charge is -2.14. The Balaban J connectivity index is 2.17. The number of hydrogen-bond donors (Lipinski definition) is 1. The van der Waals surface area contributed by atoms with E-state index in [0.29, 0.717) is 6.47 Å². The summed E-state index contributed by atoms with van der Waals surface area (Å²) >= 11 is 0. The average Bonchev–Trinajstić information content (AvgIpc) is 2.55. The molecule has 1 heterocycles. The number of benzene rings is 1. The van der Waals surface area contributed by atoms with Crippen molar-refractivity contribution in [2.45, 2.75) is 6.04 Å². The third-order valence-electron chi connectivity index (χ3n) is 2.97. The van der Waals surface area contributed by atoms with Gasteiger partial charge in [0.2, 0.25) is 0 Å². The van der Waals surface area contributed by atoms with E-state index in [9.17, 15) is 4.79 Å². The molecule has 106 valence electrons. The monoisotopic (exact) mass is 280 g/mol. The zero-order chi connectivity index (χ0) is 14.9. The Morgan fingerprint density at radius 3 is 2.71 bits per heavy atom. The van der Waals surface area contributed by atoms with Crippen molar-refractivity contribution in [2.24, 2.45) is 0 Å². The molecule has 1 aromatic heterocycles. The lowest BCUT2D eigenvalue weighted by atomic mass is 10.1. The minimum atomic E-state index is -0.0961. The van der Waals surface area contributed by atoms with Gasteiger partial charge in [0.05, 0.1) is 6.04 Å². The molecular weight excluding hydrogens is 264 g/mol. The van der Waals surface area contributed by atoms with E-state index in [1.807, 2.05) is 36.4 Å². The van der Waals surface area contributed by atoms with Gasteiger partial charge in [0.15, 0.2) is 0 Å². The Morgan fingerprint density at radius 2 is 2.00 bits per heavy atom. The fourth-order valence-corrected chi connectivity index (χ4v) is 1.86. The molecule has 0 saturated carbocycles. The fraction of sp³-hybridized carbons (Fsp3) is 0.176. The Labute approximate surface area is 124 Å². The number of hydrogen-bond acceptors (Lipinski definition) is 4. The van der Waals surface area contributed by atoms with Crippen molar-refractivity contribution in [3.8, 4) is 11.8 Å². The zero-order valence-corrected chi connectivity index (χ0v) is 11.7. The van der Waals surface area contributed by atoms with Gasteiger partial charge >= 0.3 is 0 Å². The summed E-state index contributed by atoms with van der Waals surface area (Å²) in [6.07, 6.45) is 3.45. The second kappa shape index (κ2) is 7.83. The first-order chi connectivity index (χ1) is 10.3. The molecule has 0 amide bonds. The summed E-state index contributed by atoms with van der Waals surface area (Å²) in [5, 5.41) is 3.08. The topological polar surface area (TPSA) is 51.2 Å². The zero-order valence-electron chi connectivity index (χ0n) is 11.7. The number of ether oxygens (including phenoxy) is 1. The largest absolute Gasteiger partial charge is 0.466 e. The number of likely N-dealkylation sites (N-methyl/N-ethyl adjacent to an activating group) is 1. The van der Waals surface area contributed by atoms with E-state index in [0.717, 1.165) is 16.7 Å². The lowest BCUT2D eigenvalue weighted by molar-refractivity contribution is -0.129. The normalized spacial score (nSPS) is 11.1. The van der Waals surface area contributed by atoms with E-state index < -0.39 is 0 Å². The van der Waals surface area contributed by atoms with Crippen LogP contribution in [0.25, 0.3) is 0 Å². The summed E-state index contributed by atoms with van der Waals surface area (Å²) in [5.41, 5.74) is 2.71. The van der Waals surface area contributed by atoms with Crippen molar-refractivity contribution in [2.75, 3.05) is 13.7 Å². The first-order valence-corrected chi connectivity index (χ1v) is 6.58. The highest BCUT2D eigenvalue weighted by atomic mass is 16.5. The fourth-order valence-electron chi connectivity index (χ4n) is 1.86. The van der Waals surface area contributed by atoms with Crippen molar-refractivity contribution in [1.29, 1.82) is 0 Å². The number of nitrogens with zero attached hydrogens (tertiary/aromatic N) is 1. The molecule has 21 heavy (non-hydrogen) atoms. The van der Waals surface area contributed by atoms with Crippen LogP contribution in [0.15, 0.2) is 48.8 Å². The summed E-state index contributed by atoms with van der Waals surface area (Å²) in [4.78, 5) is 14.5. The van der Waals surface area contributed by atoms with Crippen molar-refractivity contribution in [3.05, 3.63) is 65.5 Å². The molecule has 1 aromatic carbocycles. The van der Waals surface area contributed by atoms with Crippen LogP contribution in [-0.2, 0) is 9.53 Å². The van der Waals surface area contributed by atoms with Crippen LogP contribution in [-0.4, -0.2) is 25.1 Å². The second-order valence-corrected chi connectivity index (χ2v) is 4.39. The van der Waals surface area contributed by atoms with E-state index in [1.54, 1.807) is 19.4 Å². The van der Waals surface area contributed by atoms with Gasteiger partial charge in [-0.1, -0.05) is 30.0 Å². The molecule has 1 atom stereocenters. The molecule has 2 rings (SSSR count). The molecule has 1 N–H and O–H groups in total. The minimum Gasteiger partial charge on any atom is -0.466 e. The number of pyridine rings is 1. The summed E-state index contributed by atoms with van der Waals surface area (Å²) < 4.78 is 4.80. The van der Waals surface area contributed by atoms with Gasteiger partial charge in [-0.2, -0.15) is 0 Å². The molecular formula is C17H16N2O2. The maximum Gasteiger partial charge on any atom is 0.293 e. The second-order valence-electron chi connectivity index (χ2n) is 4.39. The molecule has 0 aliphatic heterocycles. The Morgan fingerprint density at radius 1 is 1.24 bits per heavy atom. The first-order valence-electron chi connectivity index (χ1n) is 6.58. The van der Waals surface area contributed by atoms with E-state index in [2.05, 4.69) is 22.1 Å². The van der Waals surface area contributed by atoms with Gasteiger partial charge in [0.25, 0.3) is 6.47 Å². The SMILES string of the molecule is CNC(COC=O)c1cncc(C#Cc2ccccc2)c1. The van der Waals surface area contributed by atoms with Crippen molar-refractivity contribution in [3.63, 3.8) is 0 Å². The molecule has 0 radical (unpaired) electrons. The quantitative estimate of drug-likeness (QED) is 0.671. The summed E-state index contributed by atoms with van der Waals surface area (Å²) in [6, 6.07) is 11.6. The maximum absolute atomic E-state index is 10.3. The maximum atomic E-state index is 10.3. The van der Waals surface area contributed by atoms with E-state index in [1.165, 1.54) is 0 Å². The predicted octanol–water partition coefficient (Wildman–Crippen LogP) is 1.91. The van der Waals surface area contributed by atoms with Crippen LogP contribution >= 0.6 is 0 Å². The van der Waals surface area contributed by atoms with E-state index in [4.69, 9.17) is 4.74 Å².